The average molecular weight is 143 g/mol. The van der Waals surface area contributed by atoms with Crippen LogP contribution in [-0.4, -0.2) is 11.5 Å². The first-order chi connectivity index (χ1) is 8.42. The quantitative estimate of drug-likeness (QED) is 0.579. The molecule has 1 N–H and O–H groups in total. The van der Waals surface area contributed by atoms with Crippen LogP contribution in [0, 0.1) is 0 Å². The van der Waals surface area contributed by atoms with Crippen LogP contribution < -0.4 is 5.32 Å². The SMILES string of the molecule is [2H]c1nc2c(c([2H])c1[2H])C([2H])([2H])C([2H])([2H])NC2([2H])[2H]. The molecule has 0 aliphatic carbocycles. The molecule has 0 saturated heterocycles. The zero-order valence-electron chi connectivity index (χ0n) is 13.9. The van der Waals surface area contributed by atoms with E-state index in [1.54, 1.807) is 0 Å². The lowest BCUT2D eigenvalue weighted by molar-refractivity contribution is 0.627. The smallest absolute Gasteiger partial charge is 0.0840 e. The van der Waals surface area contributed by atoms with Gasteiger partial charge < -0.3 is 5.32 Å². The third-order valence-corrected chi connectivity index (χ3v) is 1.08. The third-order valence-electron chi connectivity index (χ3n) is 1.08. The molecule has 0 spiro atoms. The van der Waals surface area contributed by atoms with Crippen LogP contribution >= 0.6 is 0 Å². The average Bonchev–Trinajstić information content (AvgIpc) is 2.21. The maximum absolute atomic E-state index is 7.75. The molecule has 1 aliphatic rings. The first-order valence-electron chi connectivity index (χ1n) is 7.20. The van der Waals surface area contributed by atoms with Crippen LogP contribution in [0.25, 0.3) is 0 Å². The van der Waals surface area contributed by atoms with E-state index in [0.717, 1.165) is 0 Å². The normalized spacial score (nSPS) is 44.6. The Hall–Kier alpha value is -0.890. The summed E-state index contributed by atoms with van der Waals surface area (Å²) in [6.45, 7) is -5.29. The number of nitrogens with one attached hydrogen (secondary N) is 1. The lowest BCUT2D eigenvalue weighted by Gasteiger charge is -2.14. The van der Waals surface area contributed by atoms with Gasteiger partial charge in [0.05, 0.1) is 9.81 Å². The molecule has 0 radical (unpaired) electrons. The first kappa shape index (κ1) is 1.64. The first-order valence-corrected chi connectivity index (χ1v) is 2.70. The van der Waals surface area contributed by atoms with Gasteiger partial charge in [-0.25, -0.2) is 0 Å². The minimum atomic E-state index is -2.77. The van der Waals surface area contributed by atoms with Crippen molar-refractivity contribution >= 4 is 0 Å². The molecule has 2 heteroatoms. The molecule has 2 nitrogen and oxygen atoms in total. The van der Waals surface area contributed by atoms with Crippen LogP contribution in [0.4, 0.5) is 0 Å². The predicted octanol–water partition coefficient (Wildman–Crippen LogP) is 0.727. The second kappa shape index (κ2) is 2.39. The van der Waals surface area contributed by atoms with Gasteiger partial charge in [-0.05, 0) is 24.5 Å². The van der Waals surface area contributed by atoms with Gasteiger partial charge in [-0.2, -0.15) is 0 Å². The van der Waals surface area contributed by atoms with Crippen molar-refractivity contribution in [3.8, 4) is 0 Å². The van der Waals surface area contributed by atoms with Gasteiger partial charge in [0.25, 0.3) is 0 Å². The fraction of sp³-hybridized carbons (Fsp3) is 0.375. The summed E-state index contributed by atoms with van der Waals surface area (Å²) in [5.74, 6) is 0. The van der Waals surface area contributed by atoms with E-state index in [1.807, 2.05) is 5.32 Å². The topological polar surface area (TPSA) is 24.9 Å². The number of aromatic nitrogens is 1. The van der Waals surface area contributed by atoms with E-state index in [2.05, 4.69) is 4.98 Å². The van der Waals surface area contributed by atoms with Crippen molar-refractivity contribution in [1.82, 2.24) is 10.3 Å². The van der Waals surface area contributed by atoms with Crippen LogP contribution in [0.2, 0.25) is 0 Å². The Morgan fingerprint density at radius 1 is 1.80 bits per heavy atom. The van der Waals surface area contributed by atoms with Crippen molar-refractivity contribution in [3.05, 3.63) is 29.5 Å². The summed E-state index contributed by atoms with van der Waals surface area (Å²) < 4.78 is 68.4. The van der Waals surface area contributed by atoms with E-state index >= 15 is 0 Å². The van der Waals surface area contributed by atoms with Crippen molar-refractivity contribution in [2.75, 3.05) is 6.50 Å². The number of rotatable bonds is 0. The molecular formula is C8H10N2. The van der Waals surface area contributed by atoms with Gasteiger partial charge in [-0.3, -0.25) is 4.98 Å². The number of pyridine rings is 1. The summed E-state index contributed by atoms with van der Waals surface area (Å²) in [6.07, 6.45) is -3.38. The molecule has 2 rings (SSSR count). The zero-order chi connectivity index (χ0) is 14.8. The number of hydrogen-bond acceptors (Lipinski definition) is 2. The minimum absolute atomic E-state index is 0.557. The highest BCUT2D eigenvalue weighted by molar-refractivity contribution is 5.21. The van der Waals surface area contributed by atoms with Gasteiger partial charge in [-0.15, -0.1) is 0 Å². The number of nitrogens with zero attached hydrogens (tertiary/aromatic N) is 1. The Morgan fingerprint density at radius 3 is 3.80 bits per heavy atom. The van der Waals surface area contributed by atoms with E-state index in [9.17, 15) is 0 Å². The van der Waals surface area contributed by atoms with Gasteiger partial charge in [-0.1, -0.05) is 6.04 Å². The van der Waals surface area contributed by atoms with Gasteiger partial charge in [0.15, 0.2) is 0 Å². The summed E-state index contributed by atoms with van der Waals surface area (Å²) in [5, 5.41) is 1.85. The minimum Gasteiger partial charge on any atom is -0.311 e. The standard InChI is InChI=1S/C8H10N2/c1-2-7-3-5-9-6-8(7)10-4-1/h1-2,4,9H,3,5-6H2/i1D,2D,3D2,4D,5D2,6D2. The second-order valence-electron chi connectivity index (χ2n) is 1.70. The third kappa shape index (κ3) is 0.907. The molecule has 0 amide bonds. The lowest BCUT2D eigenvalue weighted by atomic mass is 10.1. The van der Waals surface area contributed by atoms with Gasteiger partial charge >= 0.3 is 0 Å². The second-order valence-corrected chi connectivity index (χ2v) is 1.70. The molecule has 1 aromatic heterocycles. The molecule has 1 aromatic rings. The molecule has 0 aromatic carbocycles. The van der Waals surface area contributed by atoms with Crippen LogP contribution in [0.3, 0.4) is 0 Å². The molecule has 10 heavy (non-hydrogen) atoms. The molecule has 1 aliphatic heterocycles. The van der Waals surface area contributed by atoms with Gasteiger partial charge in [0.1, 0.15) is 0 Å². The fourth-order valence-electron chi connectivity index (χ4n) is 0.655. The summed E-state index contributed by atoms with van der Waals surface area (Å²) in [4.78, 5) is 3.50. The summed E-state index contributed by atoms with van der Waals surface area (Å²) in [6, 6.07) is -1.37. The monoisotopic (exact) mass is 143 g/mol. The van der Waals surface area contributed by atoms with Crippen LogP contribution in [0.1, 0.15) is 23.6 Å². The molecule has 0 bridgehead atoms. The molecule has 0 atom stereocenters. The Bertz CT molecular complexity index is 554. The van der Waals surface area contributed by atoms with E-state index in [-0.39, 0.29) is 0 Å². The summed E-state index contributed by atoms with van der Waals surface area (Å²) in [7, 11) is 0. The molecule has 0 saturated carbocycles. The summed E-state index contributed by atoms with van der Waals surface area (Å²) in [5.41, 5.74) is -1.18. The van der Waals surface area contributed by atoms with Crippen LogP contribution in [0.5, 0.6) is 0 Å². The molecule has 0 fully saturated rings. The van der Waals surface area contributed by atoms with Crippen molar-refractivity contribution in [2.45, 2.75) is 12.9 Å². The highest BCUT2D eigenvalue weighted by Gasteiger charge is 2.06. The lowest BCUT2D eigenvalue weighted by Crippen LogP contribution is -2.24. The van der Waals surface area contributed by atoms with Gasteiger partial charge in [0, 0.05) is 20.9 Å². The Labute approximate surface area is 72.9 Å². The number of fused-ring (bicyclic) bond motifs is 1. The van der Waals surface area contributed by atoms with E-state index in [0.29, 0.717) is 0 Å². The molecule has 2 heterocycles. The van der Waals surface area contributed by atoms with Crippen molar-refractivity contribution < 1.29 is 12.3 Å². The van der Waals surface area contributed by atoms with Crippen LogP contribution in [-0.2, 0) is 12.9 Å². The predicted molar refractivity (Wildman–Crippen MR) is 39.6 cm³/mol. The molecule has 52 valence electrons. The maximum Gasteiger partial charge on any atom is 0.0840 e. The van der Waals surface area contributed by atoms with Crippen molar-refractivity contribution in [2.24, 2.45) is 0 Å². The van der Waals surface area contributed by atoms with Gasteiger partial charge in [0.2, 0.25) is 0 Å². The zero-order valence-corrected chi connectivity index (χ0v) is 4.95. The maximum atomic E-state index is 7.75. The van der Waals surface area contributed by atoms with E-state index in [1.165, 1.54) is 0 Å². The van der Waals surface area contributed by atoms with E-state index in [4.69, 9.17) is 12.3 Å². The number of hydrogen-bond donors (Lipinski definition) is 1. The van der Waals surface area contributed by atoms with Crippen molar-refractivity contribution in [3.63, 3.8) is 0 Å². The Kier molecular flexibility index (Phi) is 0.391. The Morgan fingerprint density at radius 2 is 2.80 bits per heavy atom. The molecular weight excluding hydrogens is 124 g/mol. The fourth-order valence-corrected chi connectivity index (χ4v) is 0.655. The Balaban J connectivity index is 2.89. The van der Waals surface area contributed by atoms with Crippen LogP contribution in [0.15, 0.2) is 18.3 Å². The largest absolute Gasteiger partial charge is 0.311 e. The summed E-state index contributed by atoms with van der Waals surface area (Å²) >= 11 is 0. The molecule has 0 unspecified atom stereocenters. The van der Waals surface area contributed by atoms with Crippen molar-refractivity contribution in [1.29, 1.82) is 0 Å². The highest BCUT2D eigenvalue weighted by atomic mass is 14.9. The highest BCUT2D eigenvalue weighted by Crippen LogP contribution is 2.08. The van der Waals surface area contributed by atoms with E-state index < -0.39 is 48.9 Å².